The van der Waals surface area contributed by atoms with E-state index in [9.17, 15) is 18.4 Å². The third-order valence-corrected chi connectivity index (χ3v) is 4.89. The molecule has 4 rings (SSSR count). The molecule has 1 amide bonds. The maximum atomic E-state index is 13.7. The molecule has 0 unspecified atom stereocenters. The van der Waals surface area contributed by atoms with E-state index in [4.69, 9.17) is 4.74 Å². The van der Waals surface area contributed by atoms with Crippen LogP contribution < -0.4 is 15.6 Å². The average molecular weight is 438 g/mol. The van der Waals surface area contributed by atoms with E-state index in [2.05, 4.69) is 10.4 Å². The fourth-order valence-corrected chi connectivity index (χ4v) is 3.33. The molecule has 0 atom stereocenters. The Morgan fingerprint density at radius 1 is 1.09 bits per heavy atom. The maximum absolute atomic E-state index is 13.7. The molecule has 0 aliphatic heterocycles. The Bertz CT molecular complexity index is 1310. The van der Waals surface area contributed by atoms with Gasteiger partial charge in [0.25, 0.3) is 11.5 Å². The summed E-state index contributed by atoms with van der Waals surface area (Å²) in [5.74, 6) is -2.01. The summed E-state index contributed by atoms with van der Waals surface area (Å²) in [6.45, 7) is 2.62. The molecule has 0 saturated heterocycles. The first-order chi connectivity index (χ1) is 15.5. The highest BCUT2D eigenvalue weighted by Gasteiger charge is 2.16. The second-order valence-corrected chi connectivity index (χ2v) is 6.97. The van der Waals surface area contributed by atoms with E-state index in [1.54, 1.807) is 18.5 Å². The number of nitrogens with zero attached hydrogens (tertiary/aromatic N) is 3. The Balaban J connectivity index is 1.49. The molecule has 0 aliphatic rings. The van der Waals surface area contributed by atoms with Crippen molar-refractivity contribution in [2.45, 2.75) is 13.5 Å². The van der Waals surface area contributed by atoms with Crippen LogP contribution in [0.15, 0.2) is 65.7 Å². The van der Waals surface area contributed by atoms with Crippen molar-refractivity contribution in [1.82, 2.24) is 19.5 Å². The average Bonchev–Trinajstić information content (AvgIpc) is 3.21. The van der Waals surface area contributed by atoms with Gasteiger partial charge in [0.15, 0.2) is 0 Å². The zero-order valence-electron chi connectivity index (χ0n) is 17.2. The van der Waals surface area contributed by atoms with Gasteiger partial charge in [-0.3, -0.25) is 9.59 Å². The molecular weight excluding hydrogens is 418 g/mol. The van der Waals surface area contributed by atoms with Crippen molar-refractivity contribution < 1.29 is 18.3 Å². The Morgan fingerprint density at radius 3 is 2.50 bits per heavy atom. The van der Waals surface area contributed by atoms with Gasteiger partial charge in [0.05, 0.1) is 12.3 Å². The zero-order chi connectivity index (χ0) is 22.7. The molecule has 2 aromatic heterocycles. The Morgan fingerprint density at radius 2 is 1.81 bits per heavy atom. The predicted octanol–water partition coefficient (Wildman–Crippen LogP) is 3.27. The summed E-state index contributed by atoms with van der Waals surface area (Å²) in [6.07, 6.45) is 3.17. The third-order valence-electron chi connectivity index (χ3n) is 4.89. The number of amides is 1. The van der Waals surface area contributed by atoms with E-state index < -0.39 is 23.1 Å². The van der Waals surface area contributed by atoms with Crippen molar-refractivity contribution in [2.75, 3.05) is 13.2 Å². The largest absolute Gasteiger partial charge is 0.494 e. The first-order valence-corrected chi connectivity index (χ1v) is 10.0. The van der Waals surface area contributed by atoms with Crippen LogP contribution in [0.25, 0.3) is 16.8 Å². The molecule has 7 nitrogen and oxygen atoms in total. The van der Waals surface area contributed by atoms with Gasteiger partial charge in [-0.1, -0.05) is 6.07 Å². The predicted molar refractivity (Wildman–Crippen MR) is 115 cm³/mol. The van der Waals surface area contributed by atoms with Crippen LogP contribution in [0.3, 0.4) is 0 Å². The quantitative estimate of drug-likeness (QED) is 0.481. The highest BCUT2D eigenvalue weighted by Crippen LogP contribution is 2.22. The molecule has 0 aliphatic carbocycles. The van der Waals surface area contributed by atoms with E-state index in [1.807, 2.05) is 31.2 Å². The monoisotopic (exact) mass is 438 g/mol. The lowest BCUT2D eigenvalue weighted by molar-refractivity contribution is 0.0943. The van der Waals surface area contributed by atoms with E-state index in [-0.39, 0.29) is 18.6 Å². The molecule has 1 N–H and O–H groups in total. The van der Waals surface area contributed by atoms with Gasteiger partial charge in [-0.2, -0.15) is 5.10 Å². The highest BCUT2D eigenvalue weighted by atomic mass is 19.1. The summed E-state index contributed by atoms with van der Waals surface area (Å²) in [4.78, 5) is 24.9. The summed E-state index contributed by atoms with van der Waals surface area (Å²) in [5, 5.41) is 6.88. The number of hydrogen-bond acceptors (Lipinski definition) is 4. The Kier molecular flexibility index (Phi) is 5.98. The molecule has 4 aromatic rings. The molecule has 32 heavy (non-hydrogen) atoms. The summed E-state index contributed by atoms with van der Waals surface area (Å²) >= 11 is 0. The van der Waals surface area contributed by atoms with Crippen molar-refractivity contribution in [3.8, 4) is 17.0 Å². The maximum Gasteiger partial charge on any atom is 0.276 e. The minimum atomic E-state index is -0.942. The van der Waals surface area contributed by atoms with Crippen LogP contribution >= 0.6 is 0 Å². The van der Waals surface area contributed by atoms with E-state index in [1.165, 1.54) is 15.1 Å². The molecule has 2 heterocycles. The number of nitrogens with one attached hydrogen (secondary N) is 1. The summed E-state index contributed by atoms with van der Waals surface area (Å²) in [7, 11) is 0. The molecule has 0 fully saturated rings. The SMILES string of the molecule is CCOc1ccc(-c2cc3c(=O)n(CCNC(=O)c4c(F)cccc4F)ccn3n2)cc1. The van der Waals surface area contributed by atoms with E-state index >= 15 is 0 Å². The van der Waals surface area contributed by atoms with Crippen molar-refractivity contribution >= 4 is 11.4 Å². The molecule has 0 spiro atoms. The summed E-state index contributed by atoms with van der Waals surface area (Å²) in [6, 6.07) is 12.3. The minimum Gasteiger partial charge on any atom is -0.494 e. The highest BCUT2D eigenvalue weighted by molar-refractivity contribution is 5.94. The first-order valence-electron chi connectivity index (χ1n) is 10.0. The summed E-state index contributed by atoms with van der Waals surface area (Å²) < 4.78 is 35.8. The number of aromatic nitrogens is 3. The van der Waals surface area contributed by atoms with Gasteiger partial charge >= 0.3 is 0 Å². The van der Waals surface area contributed by atoms with Gasteiger partial charge in [-0.05, 0) is 49.4 Å². The van der Waals surface area contributed by atoms with Crippen LogP contribution in [0.1, 0.15) is 17.3 Å². The second kappa shape index (κ2) is 9.01. The number of benzene rings is 2. The Hall–Kier alpha value is -4.01. The standard InChI is InChI=1S/C23H20F2N4O3/c1-2-32-16-8-6-15(7-9-16)19-14-20-23(31)28(12-13-29(20)27-19)11-10-26-22(30)21-17(24)4-3-5-18(21)25/h3-9,12-14H,2,10-11H2,1H3,(H,26,30). The zero-order valence-corrected chi connectivity index (χ0v) is 17.2. The van der Waals surface area contributed by atoms with Crippen LogP contribution in [0.2, 0.25) is 0 Å². The van der Waals surface area contributed by atoms with Gasteiger partial charge in [0, 0.05) is 31.0 Å². The minimum absolute atomic E-state index is 0.0164. The lowest BCUT2D eigenvalue weighted by Crippen LogP contribution is -2.32. The number of halogens is 2. The van der Waals surface area contributed by atoms with Crippen molar-refractivity contribution in [3.63, 3.8) is 0 Å². The first kappa shape index (κ1) is 21.2. The third kappa shape index (κ3) is 4.22. The Labute approximate surface area is 181 Å². The van der Waals surface area contributed by atoms with Gasteiger partial charge in [-0.25, -0.2) is 13.3 Å². The number of carbonyl (C=O) groups excluding carboxylic acids is 1. The van der Waals surface area contributed by atoms with E-state index in [0.29, 0.717) is 17.8 Å². The molecule has 0 bridgehead atoms. The van der Waals surface area contributed by atoms with Gasteiger partial charge in [0.1, 0.15) is 28.5 Å². The number of carbonyl (C=O) groups is 1. The van der Waals surface area contributed by atoms with Crippen LogP contribution in [0.4, 0.5) is 8.78 Å². The smallest absolute Gasteiger partial charge is 0.276 e. The molecule has 2 aromatic carbocycles. The van der Waals surface area contributed by atoms with E-state index in [0.717, 1.165) is 23.4 Å². The van der Waals surface area contributed by atoms with Crippen LogP contribution in [0.5, 0.6) is 5.75 Å². The summed E-state index contributed by atoms with van der Waals surface area (Å²) in [5.41, 5.74) is 0.881. The molecule has 164 valence electrons. The second-order valence-electron chi connectivity index (χ2n) is 6.97. The van der Waals surface area contributed by atoms with Crippen molar-refractivity contribution in [1.29, 1.82) is 0 Å². The number of ether oxygens (including phenoxy) is 1. The lowest BCUT2D eigenvalue weighted by Gasteiger charge is -2.09. The molecule has 9 heteroatoms. The molecule has 0 saturated carbocycles. The lowest BCUT2D eigenvalue weighted by atomic mass is 10.1. The fourth-order valence-electron chi connectivity index (χ4n) is 3.33. The fraction of sp³-hybridized carbons (Fsp3) is 0.174. The number of fused-ring (bicyclic) bond motifs is 1. The van der Waals surface area contributed by atoms with Gasteiger partial charge in [0.2, 0.25) is 0 Å². The van der Waals surface area contributed by atoms with Gasteiger partial charge in [-0.15, -0.1) is 0 Å². The van der Waals surface area contributed by atoms with Crippen LogP contribution in [-0.2, 0) is 6.54 Å². The topological polar surface area (TPSA) is 77.6 Å². The molecular formula is C23H20F2N4O3. The molecule has 0 radical (unpaired) electrons. The number of rotatable bonds is 7. The van der Waals surface area contributed by atoms with Crippen LogP contribution in [-0.4, -0.2) is 33.2 Å². The van der Waals surface area contributed by atoms with Crippen molar-refractivity contribution in [3.05, 3.63) is 88.5 Å². The van der Waals surface area contributed by atoms with Crippen LogP contribution in [0, 0.1) is 11.6 Å². The normalized spacial score (nSPS) is 11.0. The van der Waals surface area contributed by atoms with Crippen molar-refractivity contribution in [2.24, 2.45) is 0 Å². The number of hydrogen-bond donors (Lipinski definition) is 1. The van der Waals surface area contributed by atoms with Gasteiger partial charge < -0.3 is 14.6 Å².